The van der Waals surface area contributed by atoms with Crippen LogP contribution in [0.15, 0.2) is 12.1 Å². The monoisotopic (exact) mass is 273 g/mol. The van der Waals surface area contributed by atoms with Crippen LogP contribution in [0, 0.1) is 0 Å². The minimum atomic E-state index is -0.154. The summed E-state index contributed by atoms with van der Waals surface area (Å²) in [6.45, 7) is 1.97. The Morgan fingerprint density at radius 2 is 1.71 bits per heavy atom. The minimum absolute atomic E-state index is 0. The lowest BCUT2D eigenvalue weighted by atomic mass is 10.1. The van der Waals surface area contributed by atoms with Crippen molar-refractivity contribution in [2.24, 2.45) is 5.73 Å². The van der Waals surface area contributed by atoms with Gasteiger partial charge in [0.2, 0.25) is 0 Å². The standard InChI is InChI=1S/C9H10Cl3N.ClH/c1-2-7(13)8-5(10)3-4-6(11)9(8)12;/h3-4,7H,2,13H2,1H3;1H/t7-;/m0./s1. The van der Waals surface area contributed by atoms with E-state index in [0.717, 1.165) is 12.0 Å². The predicted molar refractivity (Wildman–Crippen MR) is 65.9 cm³/mol. The molecule has 0 aliphatic rings. The van der Waals surface area contributed by atoms with Gasteiger partial charge in [0, 0.05) is 16.6 Å². The van der Waals surface area contributed by atoms with Crippen LogP contribution < -0.4 is 5.73 Å². The van der Waals surface area contributed by atoms with Crippen molar-refractivity contribution in [2.75, 3.05) is 0 Å². The van der Waals surface area contributed by atoms with Crippen molar-refractivity contribution in [2.45, 2.75) is 19.4 Å². The van der Waals surface area contributed by atoms with Gasteiger partial charge in [-0.15, -0.1) is 12.4 Å². The number of halogens is 4. The number of hydrogen-bond donors (Lipinski definition) is 1. The van der Waals surface area contributed by atoms with Gasteiger partial charge in [-0.3, -0.25) is 0 Å². The van der Waals surface area contributed by atoms with Crippen molar-refractivity contribution in [3.8, 4) is 0 Å². The van der Waals surface area contributed by atoms with Gasteiger partial charge in [-0.1, -0.05) is 41.7 Å². The minimum Gasteiger partial charge on any atom is -0.324 e. The highest BCUT2D eigenvalue weighted by atomic mass is 35.5. The van der Waals surface area contributed by atoms with Gasteiger partial charge in [0.05, 0.1) is 10.0 Å². The SMILES string of the molecule is CC[C@H](N)c1c(Cl)ccc(Cl)c1Cl.Cl. The molecule has 0 aromatic heterocycles. The van der Waals surface area contributed by atoms with Gasteiger partial charge in [-0.05, 0) is 18.6 Å². The van der Waals surface area contributed by atoms with E-state index in [1.54, 1.807) is 12.1 Å². The second kappa shape index (κ2) is 6.04. The van der Waals surface area contributed by atoms with Crippen LogP contribution in [0.3, 0.4) is 0 Å². The predicted octanol–water partition coefficient (Wildman–Crippen LogP) is 4.48. The highest BCUT2D eigenvalue weighted by Gasteiger charge is 2.14. The van der Waals surface area contributed by atoms with E-state index in [4.69, 9.17) is 40.5 Å². The molecule has 1 nitrogen and oxygen atoms in total. The van der Waals surface area contributed by atoms with Gasteiger partial charge < -0.3 is 5.73 Å². The summed E-state index contributed by atoms with van der Waals surface area (Å²) in [4.78, 5) is 0. The van der Waals surface area contributed by atoms with Crippen molar-refractivity contribution in [3.05, 3.63) is 32.8 Å². The Balaban J connectivity index is 0.00000169. The summed E-state index contributed by atoms with van der Waals surface area (Å²) >= 11 is 17.8. The molecular formula is C9H11Cl4N. The Morgan fingerprint density at radius 1 is 1.21 bits per heavy atom. The number of hydrogen-bond acceptors (Lipinski definition) is 1. The number of benzene rings is 1. The topological polar surface area (TPSA) is 26.0 Å². The van der Waals surface area contributed by atoms with Gasteiger partial charge >= 0.3 is 0 Å². The second-order valence-corrected chi connectivity index (χ2v) is 3.96. The Hall–Kier alpha value is 0.340. The largest absolute Gasteiger partial charge is 0.324 e. The molecule has 0 radical (unpaired) electrons. The maximum atomic E-state index is 5.98. The lowest BCUT2D eigenvalue weighted by Gasteiger charge is -2.13. The molecule has 0 spiro atoms. The first-order chi connectivity index (χ1) is 6.07. The Bertz CT molecular complexity index is 314. The lowest BCUT2D eigenvalue weighted by molar-refractivity contribution is 0.699. The van der Waals surface area contributed by atoms with Gasteiger partial charge in [-0.2, -0.15) is 0 Å². The van der Waals surface area contributed by atoms with Crippen molar-refractivity contribution in [1.82, 2.24) is 0 Å². The third-order valence-corrected chi connectivity index (χ3v) is 3.04. The fourth-order valence-electron chi connectivity index (χ4n) is 1.09. The van der Waals surface area contributed by atoms with Crippen LogP contribution in [-0.4, -0.2) is 0 Å². The van der Waals surface area contributed by atoms with Crippen LogP contribution in [0.25, 0.3) is 0 Å². The Morgan fingerprint density at radius 3 is 2.21 bits per heavy atom. The molecule has 0 amide bonds. The fraction of sp³-hybridized carbons (Fsp3) is 0.333. The van der Waals surface area contributed by atoms with Crippen molar-refractivity contribution < 1.29 is 0 Å². The van der Waals surface area contributed by atoms with E-state index in [2.05, 4.69) is 0 Å². The average Bonchev–Trinajstić information content (AvgIpc) is 2.12. The van der Waals surface area contributed by atoms with Crippen molar-refractivity contribution in [3.63, 3.8) is 0 Å². The van der Waals surface area contributed by atoms with Crippen molar-refractivity contribution in [1.29, 1.82) is 0 Å². The Labute approximate surface area is 105 Å². The second-order valence-electron chi connectivity index (χ2n) is 2.77. The van der Waals surface area contributed by atoms with E-state index in [0.29, 0.717) is 15.1 Å². The molecule has 0 heterocycles. The smallest absolute Gasteiger partial charge is 0.0654 e. The van der Waals surface area contributed by atoms with E-state index >= 15 is 0 Å². The summed E-state index contributed by atoms with van der Waals surface area (Å²) in [5.74, 6) is 0. The van der Waals surface area contributed by atoms with E-state index in [-0.39, 0.29) is 18.4 Å². The van der Waals surface area contributed by atoms with Gasteiger partial charge in [0.15, 0.2) is 0 Å². The summed E-state index contributed by atoms with van der Waals surface area (Å²) in [5.41, 5.74) is 6.57. The van der Waals surface area contributed by atoms with Gasteiger partial charge in [0.25, 0.3) is 0 Å². The molecule has 0 unspecified atom stereocenters. The first-order valence-corrected chi connectivity index (χ1v) is 5.10. The molecule has 5 heteroatoms. The third-order valence-electron chi connectivity index (χ3n) is 1.89. The molecule has 0 aliphatic heterocycles. The van der Waals surface area contributed by atoms with Crippen LogP contribution in [0.4, 0.5) is 0 Å². The third kappa shape index (κ3) is 2.91. The first kappa shape index (κ1) is 14.3. The molecule has 0 bridgehead atoms. The average molecular weight is 275 g/mol. The zero-order valence-electron chi connectivity index (χ0n) is 7.56. The molecule has 0 saturated carbocycles. The van der Waals surface area contributed by atoms with Gasteiger partial charge in [0.1, 0.15) is 0 Å². The molecule has 1 aromatic rings. The van der Waals surface area contributed by atoms with E-state index in [9.17, 15) is 0 Å². The molecule has 1 rings (SSSR count). The molecule has 0 fully saturated rings. The van der Waals surface area contributed by atoms with E-state index < -0.39 is 0 Å². The summed E-state index contributed by atoms with van der Waals surface area (Å²) in [7, 11) is 0. The van der Waals surface area contributed by atoms with Crippen LogP contribution in [0.5, 0.6) is 0 Å². The molecule has 14 heavy (non-hydrogen) atoms. The number of rotatable bonds is 2. The van der Waals surface area contributed by atoms with Crippen LogP contribution in [0.2, 0.25) is 15.1 Å². The molecule has 2 N–H and O–H groups in total. The van der Waals surface area contributed by atoms with Gasteiger partial charge in [-0.25, -0.2) is 0 Å². The summed E-state index contributed by atoms with van der Waals surface area (Å²) in [6.07, 6.45) is 0.778. The van der Waals surface area contributed by atoms with Crippen LogP contribution in [-0.2, 0) is 0 Å². The van der Waals surface area contributed by atoms with Crippen LogP contribution >= 0.6 is 47.2 Å². The maximum Gasteiger partial charge on any atom is 0.0654 e. The first-order valence-electron chi connectivity index (χ1n) is 3.96. The molecule has 0 saturated heterocycles. The molecule has 80 valence electrons. The Kier molecular flexibility index (Phi) is 6.19. The molecule has 1 aromatic carbocycles. The fourth-order valence-corrected chi connectivity index (χ4v) is 1.90. The summed E-state index contributed by atoms with van der Waals surface area (Å²) < 4.78 is 0. The maximum absolute atomic E-state index is 5.98. The van der Waals surface area contributed by atoms with E-state index in [1.807, 2.05) is 6.92 Å². The highest BCUT2D eigenvalue weighted by molar-refractivity contribution is 6.44. The van der Waals surface area contributed by atoms with E-state index in [1.165, 1.54) is 0 Å². The zero-order chi connectivity index (χ0) is 10.0. The summed E-state index contributed by atoms with van der Waals surface area (Å²) in [6, 6.07) is 3.22. The lowest BCUT2D eigenvalue weighted by Crippen LogP contribution is -2.10. The zero-order valence-corrected chi connectivity index (χ0v) is 10.6. The van der Waals surface area contributed by atoms with Crippen LogP contribution in [0.1, 0.15) is 24.9 Å². The normalized spacial score (nSPS) is 12.1. The highest BCUT2D eigenvalue weighted by Crippen LogP contribution is 2.35. The molecule has 0 aliphatic carbocycles. The summed E-state index contributed by atoms with van der Waals surface area (Å²) in [5, 5.41) is 1.53. The molecular weight excluding hydrogens is 264 g/mol. The molecule has 1 atom stereocenters. The van der Waals surface area contributed by atoms with Crippen molar-refractivity contribution >= 4 is 47.2 Å². The quantitative estimate of drug-likeness (QED) is 0.791. The number of nitrogens with two attached hydrogens (primary N) is 1.